The monoisotopic (exact) mass is 598 g/mol. The molecule has 1 fully saturated rings. The maximum Gasteiger partial charge on any atom is 0.288 e. The van der Waals surface area contributed by atoms with Crippen LogP contribution in [0.4, 0.5) is 0 Å². The number of ether oxygens (including phenoxy) is 5. The maximum absolute atomic E-state index is 13.9. The zero-order valence-electron chi connectivity index (χ0n) is 24.8. The second kappa shape index (κ2) is 13.0. The molecule has 230 valence electrons. The van der Waals surface area contributed by atoms with Crippen LogP contribution in [0.3, 0.4) is 0 Å². The topological polar surface area (TPSA) is 89.9 Å². The molecule has 1 amide bonds. The summed E-state index contributed by atoms with van der Waals surface area (Å²) >= 11 is 0. The molecule has 3 aromatic carbocycles. The molecule has 0 aromatic heterocycles. The minimum atomic E-state index is -0.575. The molecular formula is C35H38N2O7. The van der Waals surface area contributed by atoms with Gasteiger partial charge in [0.05, 0.1) is 26.4 Å². The quantitative estimate of drug-likeness (QED) is 0.274. The van der Waals surface area contributed by atoms with E-state index in [1.807, 2.05) is 23.1 Å². The van der Waals surface area contributed by atoms with Crippen molar-refractivity contribution < 1.29 is 33.6 Å². The van der Waals surface area contributed by atoms with Crippen molar-refractivity contribution in [1.29, 1.82) is 0 Å². The molecule has 44 heavy (non-hydrogen) atoms. The first-order valence-corrected chi connectivity index (χ1v) is 15.4. The fraction of sp³-hybridized carbons (Fsp3) is 0.400. The number of carbonyl (C=O) groups is 1. The van der Waals surface area contributed by atoms with Crippen LogP contribution in [0.25, 0.3) is 11.1 Å². The summed E-state index contributed by atoms with van der Waals surface area (Å²) in [5, 5.41) is 9.01. The predicted molar refractivity (Wildman–Crippen MR) is 163 cm³/mol. The molecule has 1 saturated heterocycles. The summed E-state index contributed by atoms with van der Waals surface area (Å²) in [5.74, 6) is 1.80. The maximum atomic E-state index is 13.9. The Morgan fingerprint density at radius 3 is 2.64 bits per heavy atom. The summed E-state index contributed by atoms with van der Waals surface area (Å²) < 4.78 is 28.6. The molecule has 1 N–H and O–H groups in total. The fourth-order valence-electron chi connectivity index (χ4n) is 6.62. The van der Waals surface area contributed by atoms with Gasteiger partial charge in [-0.25, -0.2) is 0 Å². The van der Waals surface area contributed by atoms with Gasteiger partial charge < -0.3 is 33.7 Å². The van der Waals surface area contributed by atoms with Crippen LogP contribution in [0.15, 0.2) is 72.5 Å². The van der Waals surface area contributed by atoms with Gasteiger partial charge in [-0.15, -0.1) is 0 Å². The van der Waals surface area contributed by atoms with Crippen molar-refractivity contribution in [2.45, 2.75) is 31.6 Å². The lowest BCUT2D eigenvalue weighted by atomic mass is 9.87. The molecule has 3 heterocycles. The van der Waals surface area contributed by atoms with Crippen LogP contribution in [0, 0.1) is 0 Å². The van der Waals surface area contributed by atoms with E-state index < -0.39 is 6.29 Å². The minimum Gasteiger partial charge on any atom is -0.459 e. The molecular weight excluding hydrogens is 560 g/mol. The molecule has 9 heteroatoms. The first-order chi connectivity index (χ1) is 21.7. The Hall–Kier alpha value is -3.89. The van der Waals surface area contributed by atoms with Gasteiger partial charge in [-0.3, -0.25) is 9.69 Å². The van der Waals surface area contributed by atoms with Crippen molar-refractivity contribution in [2.75, 3.05) is 59.4 Å². The van der Waals surface area contributed by atoms with Crippen molar-refractivity contribution in [2.24, 2.45) is 0 Å². The summed E-state index contributed by atoms with van der Waals surface area (Å²) in [7, 11) is 0. The number of aliphatic hydroxyl groups is 1. The average molecular weight is 599 g/mol. The molecule has 0 radical (unpaired) electrons. The van der Waals surface area contributed by atoms with Gasteiger partial charge in [-0.05, 0) is 58.0 Å². The molecule has 0 spiro atoms. The summed E-state index contributed by atoms with van der Waals surface area (Å²) in [4.78, 5) is 18.1. The van der Waals surface area contributed by atoms with Crippen LogP contribution in [0.1, 0.15) is 34.6 Å². The van der Waals surface area contributed by atoms with Crippen molar-refractivity contribution in [3.05, 3.63) is 94.8 Å². The highest BCUT2D eigenvalue weighted by atomic mass is 16.7. The summed E-state index contributed by atoms with van der Waals surface area (Å²) in [5.41, 5.74) is 7.56. The lowest BCUT2D eigenvalue weighted by molar-refractivity contribution is -0.157. The van der Waals surface area contributed by atoms with E-state index in [4.69, 9.17) is 28.8 Å². The first kappa shape index (κ1) is 28.9. The number of hydrogen-bond donors (Lipinski definition) is 1. The van der Waals surface area contributed by atoms with E-state index in [0.29, 0.717) is 38.5 Å². The van der Waals surface area contributed by atoms with Crippen molar-refractivity contribution in [1.82, 2.24) is 9.80 Å². The third kappa shape index (κ3) is 6.05. The standard InChI is InChI=1S/C35H38N2O7/c38-14-15-40-16-17-41-34-21-26(28-6-3-7-29-27-5-2-1-4-25(27)19-30(28)29)20-33(44-34)35(39)37-12-10-36(11-13-37)22-24-8-9-31-32(18-24)43-23-42-31/h1-9,18,20,26,34,38H,10-17,19,21-23H2. The Balaban J connectivity index is 1.05. The lowest BCUT2D eigenvalue weighted by Crippen LogP contribution is -2.49. The van der Waals surface area contributed by atoms with Crippen molar-refractivity contribution in [3.63, 3.8) is 0 Å². The SMILES string of the molecule is O=C(C1=CC(c2cccc3c2Cc2ccccc2-3)CC(OCCOCCO)O1)N1CCN(Cc2ccc3c(c2)OCO3)CC1. The van der Waals surface area contributed by atoms with Crippen LogP contribution < -0.4 is 9.47 Å². The van der Waals surface area contributed by atoms with Crippen LogP contribution >= 0.6 is 0 Å². The summed E-state index contributed by atoms with van der Waals surface area (Å²) in [6.45, 7) is 4.71. The van der Waals surface area contributed by atoms with E-state index in [9.17, 15) is 4.79 Å². The Morgan fingerprint density at radius 1 is 0.909 bits per heavy atom. The van der Waals surface area contributed by atoms with Gasteiger partial charge in [0.25, 0.3) is 5.91 Å². The highest BCUT2D eigenvalue weighted by molar-refractivity contribution is 5.92. The zero-order chi connectivity index (χ0) is 29.9. The van der Waals surface area contributed by atoms with Gasteiger partial charge in [0.15, 0.2) is 17.3 Å². The number of aliphatic hydroxyl groups excluding tert-OH is 1. The Bertz CT molecular complexity index is 1530. The van der Waals surface area contributed by atoms with Gasteiger partial charge >= 0.3 is 0 Å². The van der Waals surface area contributed by atoms with Crippen molar-refractivity contribution in [3.8, 4) is 22.6 Å². The van der Waals surface area contributed by atoms with Crippen LogP contribution in [0.2, 0.25) is 0 Å². The van der Waals surface area contributed by atoms with Crippen molar-refractivity contribution >= 4 is 5.91 Å². The van der Waals surface area contributed by atoms with Gasteiger partial charge in [0.1, 0.15) is 0 Å². The average Bonchev–Trinajstić information content (AvgIpc) is 3.69. The number of benzene rings is 3. The Labute approximate surface area is 257 Å². The lowest BCUT2D eigenvalue weighted by Gasteiger charge is -2.37. The molecule has 3 aliphatic heterocycles. The Kier molecular flexibility index (Phi) is 8.52. The molecule has 3 aromatic rings. The summed E-state index contributed by atoms with van der Waals surface area (Å²) in [6.07, 6.45) is 2.91. The molecule has 7 rings (SSSR count). The number of nitrogens with zero attached hydrogens (tertiary/aromatic N) is 2. The van der Waals surface area contributed by atoms with Crippen LogP contribution in [-0.2, 0) is 32.0 Å². The van der Waals surface area contributed by atoms with E-state index in [0.717, 1.165) is 43.1 Å². The number of carbonyl (C=O) groups excluding carboxylic acids is 1. The van der Waals surface area contributed by atoms with E-state index in [-0.39, 0.29) is 31.8 Å². The third-order valence-corrected chi connectivity index (χ3v) is 8.82. The molecule has 2 unspecified atom stereocenters. The third-order valence-electron chi connectivity index (χ3n) is 8.82. The molecule has 0 bridgehead atoms. The highest BCUT2D eigenvalue weighted by Gasteiger charge is 2.34. The largest absolute Gasteiger partial charge is 0.459 e. The zero-order valence-corrected chi connectivity index (χ0v) is 24.8. The number of hydrogen-bond acceptors (Lipinski definition) is 8. The van der Waals surface area contributed by atoms with Gasteiger partial charge in [0.2, 0.25) is 13.1 Å². The van der Waals surface area contributed by atoms with Crippen LogP contribution in [-0.4, -0.2) is 86.5 Å². The number of amides is 1. The normalized spacial score (nSPS) is 20.6. The number of allylic oxidation sites excluding steroid dienone is 1. The van der Waals surface area contributed by atoms with Gasteiger partial charge in [-0.1, -0.05) is 48.5 Å². The smallest absolute Gasteiger partial charge is 0.288 e. The number of rotatable bonds is 10. The first-order valence-electron chi connectivity index (χ1n) is 15.4. The molecule has 0 saturated carbocycles. The molecule has 1 aliphatic carbocycles. The second-order valence-corrected chi connectivity index (χ2v) is 11.6. The second-order valence-electron chi connectivity index (χ2n) is 11.6. The minimum absolute atomic E-state index is 0.0254. The highest BCUT2D eigenvalue weighted by Crippen LogP contribution is 2.43. The molecule has 9 nitrogen and oxygen atoms in total. The molecule has 4 aliphatic rings. The van der Waals surface area contributed by atoms with Gasteiger partial charge in [0, 0.05) is 45.1 Å². The van der Waals surface area contributed by atoms with E-state index >= 15 is 0 Å². The number of fused-ring (bicyclic) bond motifs is 4. The number of piperazine rings is 1. The Morgan fingerprint density at radius 2 is 1.75 bits per heavy atom. The van der Waals surface area contributed by atoms with E-state index in [2.05, 4.69) is 53.4 Å². The van der Waals surface area contributed by atoms with Gasteiger partial charge in [-0.2, -0.15) is 0 Å². The van der Waals surface area contributed by atoms with E-state index in [1.165, 1.54) is 27.8 Å². The molecule has 2 atom stereocenters. The predicted octanol–water partition coefficient (Wildman–Crippen LogP) is 4.07. The van der Waals surface area contributed by atoms with E-state index in [1.54, 1.807) is 0 Å². The fourth-order valence-corrected chi connectivity index (χ4v) is 6.62. The summed E-state index contributed by atoms with van der Waals surface area (Å²) in [6, 6.07) is 21.1. The van der Waals surface area contributed by atoms with Crippen LogP contribution in [0.5, 0.6) is 11.5 Å².